The van der Waals surface area contributed by atoms with E-state index in [0.29, 0.717) is 34.3 Å². The van der Waals surface area contributed by atoms with Crippen molar-refractivity contribution in [2.24, 2.45) is 0 Å². The Balaban J connectivity index is 1.38. The lowest BCUT2D eigenvalue weighted by Gasteiger charge is -2.15. The number of H-pyrrole nitrogens is 2. The van der Waals surface area contributed by atoms with Gasteiger partial charge in [-0.2, -0.15) is 0 Å². The van der Waals surface area contributed by atoms with Crippen molar-refractivity contribution in [3.8, 4) is 0 Å². The van der Waals surface area contributed by atoms with Crippen LogP contribution in [0.2, 0.25) is 10.0 Å². The zero-order valence-electron chi connectivity index (χ0n) is 15.3. The second kappa shape index (κ2) is 7.87. The quantitative estimate of drug-likeness (QED) is 0.362. The van der Waals surface area contributed by atoms with Gasteiger partial charge in [0.1, 0.15) is 5.82 Å². The van der Waals surface area contributed by atoms with Gasteiger partial charge >= 0.3 is 0 Å². The monoisotopic (exact) mass is 414 g/mol. The number of anilines is 1. The number of fused-ring (bicyclic) bond motifs is 2. The molecule has 0 saturated heterocycles. The number of rotatable bonds is 6. The number of halogens is 2. The second-order valence-corrected chi connectivity index (χ2v) is 7.74. The Morgan fingerprint density at radius 1 is 1.00 bits per heavy atom. The fourth-order valence-corrected chi connectivity index (χ4v) is 3.77. The maximum atomic E-state index is 12.2. The van der Waals surface area contributed by atoms with Crippen LogP contribution in [0.25, 0.3) is 21.8 Å². The van der Waals surface area contributed by atoms with Crippen LogP contribution in [0.3, 0.4) is 0 Å². The van der Waals surface area contributed by atoms with Crippen LogP contribution < -0.4 is 16.1 Å². The van der Waals surface area contributed by atoms with Crippen molar-refractivity contribution >= 4 is 50.8 Å². The number of benzene rings is 2. The highest BCUT2D eigenvalue weighted by Gasteiger charge is 2.08. The number of hydrogen-bond donors (Lipinski definition) is 4. The van der Waals surface area contributed by atoms with E-state index in [1.807, 2.05) is 36.4 Å². The molecule has 28 heavy (non-hydrogen) atoms. The van der Waals surface area contributed by atoms with Gasteiger partial charge in [0.05, 0.1) is 10.5 Å². The average molecular weight is 415 g/mol. The van der Waals surface area contributed by atoms with Crippen molar-refractivity contribution < 1.29 is 0 Å². The summed E-state index contributed by atoms with van der Waals surface area (Å²) >= 11 is 12.3. The zero-order valence-corrected chi connectivity index (χ0v) is 16.8. The van der Waals surface area contributed by atoms with Crippen molar-refractivity contribution in [3.63, 3.8) is 0 Å². The first kappa shape index (κ1) is 18.9. The lowest BCUT2D eigenvalue weighted by atomic mass is 10.2. The average Bonchev–Trinajstić information content (AvgIpc) is 3.08. The third-order valence-electron chi connectivity index (χ3n) is 4.69. The minimum atomic E-state index is 0.00563. The Morgan fingerprint density at radius 2 is 1.82 bits per heavy atom. The lowest BCUT2D eigenvalue weighted by molar-refractivity contribution is 0.563. The Bertz CT molecular complexity index is 1200. The largest absolute Gasteiger partial charge is 0.370 e. The molecule has 0 aliphatic rings. The molecule has 0 aliphatic heterocycles. The van der Waals surface area contributed by atoms with E-state index in [9.17, 15) is 4.79 Å². The Hall–Kier alpha value is -2.47. The summed E-state index contributed by atoms with van der Waals surface area (Å²) in [5, 5.41) is 9.65. The van der Waals surface area contributed by atoms with E-state index >= 15 is 0 Å². The molecule has 0 bridgehead atoms. The van der Waals surface area contributed by atoms with E-state index in [1.165, 1.54) is 0 Å². The summed E-state index contributed by atoms with van der Waals surface area (Å²) in [6, 6.07) is 14.9. The normalized spacial score (nSPS) is 12.5. The summed E-state index contributed by atoms with van der Waals surface area (Å²) in [4.78, 5) is 18.8. The SMILES string of the molecule is CC(CNc1cc(=O)c2ccccc2[nH]1)NCc1cc2c(Cl)cc(Cl)cc2[nH]1. The van der Waals surface area contributed by atoms with Crippen LogP contribution in [-0.2, 0) is 6.54 Å². The van der Waals surface area contributed by atoms with Crippen molar-refractivity contribution in [3.05, 3.63) is 74.5 Å². The minimum absolute atomic E-state index is 0.00563. The van der Waals surface area contributed by atoms with Crippen molar-refractivity contribution in [2.45, 2.75) is 19.5 Å². The summed E-state index contributed by atoms with van der Waals surface area (Å²) in [5.74, 6) is 0.712. The summed E-state index contributed by atoms with van der Waals surface area (Å²) in [5.41, 5.74) is 2.79. The number of aromatic nitrogens is 2. The fraction of sp³-hybridized carbons (Fsp3) is 0.190. The number of nitrogens with one attached hydrogen (secondary N) is 4. The number of pyridine rings is 1. The van der Waals surface area contributed by atoms with E-state index < -0.39 is 0 Å². The summed E-state index contributed by atoms with van der Waals surface area (Å²) in [7, 11) is 0. The van der Waals surface area contributed by atoms with Gasteiger partial charge in [-0.05, 0) is 37.3 Å². The van der Waals surface area contributed by atoms with E-state index in [1.54, 1.807) is 12.1 Å². The standard InChI is InChI=1S/C21H20Cl2N4O/c1-12(10-25-21-9-20(28)15-4-2-3-5-18(15)27-21)24-11-14-8-16-17(23)6-13(22)7-19(16)26-14/h2-9,12,24,26H,10-11H2,1H3,(H2,25,27,28). The highest BCUT2D eigenvalue weighted by molar-refractivity contribution is 6.38. The van der Waals surface area contributed by atoms with E-state index in [-0.39, 0.29) is 11.5 Å². The topological polar surface area (TPSA) is 72.7 Å². The third-order valence-corrected chi connectivity index (χ3v) is 5.22. The van der Waals surface area contributed by atoms with Gasteiger partial charge in [0.15, 0.2) is 5.43 Å². The van der Waals surface area contributed by atoms with Crippen LogP contribution in [0.15, 0.2) is 53.3 Å². The highest BCUT2D eigenvalue weighted by atomic mass is 35.5. The lowest BCUT2D eigenvalue weighted by Crippen LogP contribution is -2.32. The van der Waals surface area contributed by atoms with Gasteiger partial charge < -0.3 is 20.6 Å². The molecule has 4 rings (SSSR count). The van der Waals surface area contributed by atoms with Crippen molar-refractivity contribution in [1.82, 2.24) is 15.3 Å². The van der Waals surface area contributed by atoms with Gasteiger partial charge in [0, 0.05) is 52.2 Å². The van der Waals surface area contributed by atoms with Crippen LogP contribution in [0.5, 0.6) is 0 Å². The van der Waals surface area contributed by atoms with Gasteiger partial charge in [-0.3, -0.25) is 4.79 Å². The Kier molecular flexibility index (Phi) is 5.31. The first-order valence-electron chi connectivity index (χ1n) is 9.05. The van der Waals surface area contributed by atoms with E-state index in [4.69, 9.17) is 23.2 Å². The van der Waals surface area contributed by atoms with E-state index in [0.717, 1.165) is 22.1 Å². The maximum Gasteiger partial charge on any atom is 0.191 e. The maximum absolute atomic E-state index is 12.2. The molecular weight excluding hydrogens is 395 g/mol. The smallest absolute Gasteiger partial charge is 0.191 e. The third kappa shape index (κ3) is 4.02. The van der Waals surface area contributed by atoms with Crippen LogP contribution in [0, 0.1) is 0 Å². The molecule has 1 atom stereocenters. The molecule has 0 amide bonds. The minimum Gasteiger partial charge on any atom is -0.370 e. The Labute approximate surface area is 172 Å². The van der Waals surface area contributed by atoms with E-state index in [2.05, 4.69) is 27.5 Å². The molecule has 2 aromatic carbocycles. The molecule has 4 N–H and O–H groups in total. The highest BCUT2D eigenvalue weighted by Crippen LogP contribution is 2.28. The van der Waals surface area contributed by atoms with Gasteiger partial charge in [-0.15, -0.1) is 0 Å². The fourth-order valence-electron chi connectivity index (χ4n) is 3.23. The zero-order chi connectivity index (χ0) is 19.7. The first-order chi connectivity index (χ1) is 13.5. The number of para-hydroxylation sites is 1. The molecule has 0 fully saturated rings. The van der Waals surface area contributed by atoms with Gasteiger partial charge in [0.2, 0.25) is 0 Å². The molecule has 0 saturated carbocycles. The van der Waals surface area contributed by atoms with Crippen LogP contribution in [0.1, 0.15) is 12.6 Å². The molecule has 5 nitrogen and oxygen atoms in total. The molecule has 144 valence electrons. The molecule has 0 radical (unpaired) electrons. The van der Waals surface area contributed by atoms with Gasteiger partial charge in [0.25, 0.3) is 0 Å². The molecule has 4 aromatic rings. The second-order valence-electron chi connectivity index (χ2n) is 6.90. The summed E-state index contributed by atoms with van der Waals surface area (Å²) < 4.78 is 0. The molecule has 7 heteroatoms. The first-order valence-corrected chi connectivity index (χ1v) is 9.81. The Morgan fingerprint density at radius 3 is 2.68 bits per heavy atom. The predicted molar refractivity (Wildman–Crippen MR) is 118 cm³/mol. The van der Waals surface area contributed by atoms with Crippen molar-refractivity contribution in [1.29, 1.82) is 0 Å². The number of aromatic amines is 2. The van der Waals surface area contributed by atoms with Gasteiger partial charge in [-0.25, -0.2) is 0 Å². The van der Waals surface area contributed by atoms with Crippen LogP contribution in [0.4, 0.5) is 5.82 Å². The summed E-state index contributed by atoms with van der Waals surface area (Å²) in [6.45, 7) is 3.42. The van der Waals surface area contributed by atoms with Gasteiger partial charge in [-0.1, -0.05) is 35.3 Å². The van der Waals surface area contributed by atoms with Crippen molar-refractivity contribution in [2.75, 3.05) is 11.9 Å². The molecule has 2 aromatic heterocycles. The van der Waals surface area contributed by atoms with Crippen LogP contribution >= 0.6 is 23.2 Å². The molecule has 0 spiro atoms. The molecule has 0 aliphatic carbocycles. The summed E-state index contributed by atoms with van der Waals surface area (Å²) in [6.07, 6.45) is 0. The number of hydrogen-bond acceptors (Lipinski definition) is 3. The predicted octanol–water partition coefficient (Wildman–Crippen LogP) is 4.91. The molecule has 1 unspecified atom stereocenters. The van der Waals surface area contributed by atoms with Crippen LogP contribution in [-0.4, -0.2) is 22.6 Å². The molecular formula is C21H20Cl2N4O. The molecule has 2 heterocycles.